The Morgan fingerprint density at radius 3 is 2.60 bits per heavy atom. The first-order valence-corrected chi connectivity index (χ1v) is 5.79. The molecule has 3 N–H and O–H groups in total. The van der Waals surface area contributed by atoms with Gasteiger partial charge in [-0.25, -0.2) is 4.79 Å². The molecule has 1 aliphatic carbocycles. The molecule has 0 spiro atoms. The number of carboxylic acid groups (broad SMARTS) is 1. The second-order valence-corrected chi connectivity index (χ2v) is 4.66. The predicted octanol–water partition coefficient (Wildman–Crippen LogP) is 1.89. The monoisotopic (exact) mass is 214 g/mol. The zero-order chi connectivity index (χ0) is 11.3. The fourth-order valence-corrected chi connectivity index (χ4v) is 2.36. The van der Waals surface area contributed by atoms with Gasteiger partial charge in [-0.3, -0.25) is 0 Å². The fourth-order valence-electron chi connectivity index (χ4n) is 2.36. The van der Waals surface area contributed by atoms with Gasteiger partial charge in [0.2, 0.25) is 0 Å². The lowest BCUT2D eigenvalue weighted by molar-refractivity contribution is 0.151. The summed E-state index contributed by atoms with van der Waals surface area (Å²) in [4.78, 5) is 11.9. The van der Waals surface area contributed by atoms with Crippen molar-refractivity contribution in [2.24, 2.45) is 11.7 Å². The maximum atomic E-state index is 10.6. The fraction of sp³-hybridized carbons (Fsp3) is 0.909. The smallest absolute Gasteiger partial charge is 0.407 e. The van der Waals surface area contributed by atoms with Crippen LogP contribution in [0.1, 0.15) is 38.5 Å². The standard InChI is InChI=1S/C11H22N2O2/c1-13(11(14)15)8-10(12)7-9-5-3-2-4-6-9/h9-10H,2-8,12H2,1H3,(H,14,15). The minimum Gasteiger partial charge on any atom is -0.465 e. The van der Waals surface area contributed by atoms with Gasteiger partial charge in [-0.1, -0.05) is 32.1 Å². The minimum absolute atomic E-state index is 0.00537. The average molecular weight is 214 g/mol. The van der Waals surface area contributed by atoms with Crippen molar-refractivity contribution < 1.29 is 9.90 Å². The van der Waals surface area contributed by atoms with Crippen LogP contribution >= 0.6 is 0 Å². The molecular formula is C11H22N2O2. The Labute approximate surface area is 91.4 Å². The number of amides is 1. The summed E-state index contributed by atoms with van der Waals surface area (Å²) in [5.74, 6) is 0.718. The first-order chi connectivity index (χ1) is 7.09. The van der Waals surface area contributed by atoms with Crippen LogP contribution in [-0.2, 0) is 0 Å². The van der Waals surface area contributed by atoms with Gasteiger partial charge in [0, 0.05) is 19.6 Å². The summed E-state index contributed by atoms with van der Waals surface area (Å²) in [5, 5.41) is 8.71. The molecule has 0 aliphatic heterocycles. The van der Waals surface area contributed by atoms with E-state index < -0.39 is 6.09 Å². The van der Waals surface area contributed by atoms with Crippen molar-refractivity contribution in [3.05, 3.63) is 0 Å². The molecule has 0 radical (unpaired) electrons. The van der Waals surface area contributed by atoms with Gasteiger partial charge in [-0.2, -0.15) is 0 Å². The first-order valence-electron chi connectivity index (χ1n) is 5.79. The van der Waals surface area contributed by atoms with Crippen molar-refractivity contribution in [3.8, 4) is 0 Å². The van der Waals surface area contributed by atoms with Crippen molar-refractivity contribution in [1.82, 2.24) is 4.90 Å². The Balaban J connectivity index is 2.22. The van der Waals surface area contributed by atoms with E-state index >= 15 is 0 Å². The number of nitrogens with two attached hydrogens (primary N) is 1. The molecular weight excluding hydrogens is 192 g/mol. The van der Waals surface area contributed by atoms with Crippen LogP contribution in [0.4, 0.5) is 4.79 Å². The van der Waals surface area contributed by atoms with Crippen LogP contribution in [0.2, 0.25) is 0 Å². The minimum atomic E-state index is -0.894. The van der Waals surface area contributed by atoms with Gasteiger partial charge in [0.1, 0.15) is 0 Å². The predicted molar refractivity (Wildman–Crippen MR) is 59.8 cm³/mol. The molecule has 0 aromatic carbocycles. The van der Waals surface area contributed by atoms with E-state index in [1.54, 1.807) is 7.05 Å². The molecule has 1 amide bonds. The van der Waals surface area contributed by atoms with Gasteiger partial charge in [0.15, 0.2) is 0 Å². The molecule has 0 aromatic heterocycles. The molecule has 1 unspecified atom stereocenters. The Morgan fingerprint density at radius 1 is 1.47 bits per heavy atom. The maximum absolute atomic E-state index is 10.6. The van der Waals surface area contributed by atoms with Crippen LogP contribution in [0, 0.1) is 5.92 Å². The Kier molecular flexibility index (Phi) is 4.88. The van der Waals surface area contributed by atoms with Crippen LogP contribution in [0.3, 0.4) is 0 Å². The van der Waals surface area contributed by atoms with E-state index in [9.17, 15) is 4.79 Å². The molecule has 15 heavy (non-hydrogen) atoms. The molecule has 0 aromatic rings. The highest BCUT2D eigenvalue weighted by molar-refractivity contribution is 5.64. The zero-order valence-electron chi connectivity index (χ0n) is 9.48. The topological polar surface area (TPSA) is 66.6 Å². The SMILES string of the molecule is CN(CC(N)CC1CCCCC1)C(=O)O. The highest BCUT2D eigenvalue weighted by atomic mass is 16.4. The van der Waals surface area contributed by atoms with E-state index in [4.69, 9.17) is 10.8 Å². The zero-order valence-corrected chi connectivity index (χ0v) is 9.48. The number of likely N-dealkylation sites (N-methyl/N-ethyl adjacent to an activating group) is 1. The van der Waals surface area contributed by atoms with Gasteiger partial charge in [-0.15, -0.1) is 0 Å². The molecule has 1 fully saturated rings. The van der Waals surface area contributed by atoms with Gasteiger partial charge in [0.25, 0.3) is 0 Å². The van der Waals surface area contributed by atoms with E-state index in [2.05, 4.69) is 0 Å². The van der Waals surface area contributed by atoms with Gasteiger partial charge in [-0.05, 0) is 12.3 Å². The Bertz CT molecular complexity index is 203. The van der Waals surface area contributed by atoms with Crippen molar-refractivity contribution >= 4 is 6.09 Å². The lowest BCUT2D eigenvalue weighted by Crippen LogP contribution is -2.39. The van der Waals surface area contributed by atoms with Crippen LogP contribution in [-0.4, -0.2) is 35.7 Å². The highest BCUT2D eigenvalue weighted by Crippen LogP contribution is 2.26. The molecule has 0 bridgehead atoms. The maximum Gasteiger partial charge on any atom is 0.407 e. The van der Waals surface area contributed by atoms with Gasteiger partial charge >= 0.3 is 6.09 Å². The molecule has 4 heteroatoms. The number of hydrogen-bond donors (Lipinski definition) is 2. The third-order valence-electron chi connectivity index (χ3n) is 3.20. The summed E-state index contributed by atoms with van der Waals surface area (Å²) < 4.78 is 0. The molecule has 0 saturated heterocycles. The van der Waals surface area contributed by atoms with Gasteiger partial charge in [0.05, 0.1) is 0 Å². The molecule has 1 aliphatic rings. The van der Waals surface area contributed by atoms with Crippen LogP contribution in [0.15, 0.2) is 0 Å². The van der Waals surface area contributed by atoms with Crippen molar-refractivity contribution in [1.29, 1.82) is 0 Å². The third-order valence-corrected chi connectivity index (χ3v) is 3.20. The van der Waals surface area contributed by atoms with Crippen LogP contribution in [0.25, 0.3) is 0 Å². The van der Waals surface area contributed by atoms with Crippen LogP contribution in [0.5, 0.6) is 0 Å². The quantitative estimate of drug-likeness (QED) is 0.751. The van der Waals surface area contributed by atoms with E-state index in [1.165, 1.54) is 37.0 Å². The van der Waals surface area contributed by atoms with Crippen molar-refractivity contribution in [2.75, 3.05) is 13.6 Å². The molecule has 88 valence electrons. The lowest BCUT2D eigenvalue weighted by atomic mass is 9.85. The normalized spacial score (nSPS) is 19.9. The molecule has 1 rings (SSSR count). The molecule has 4 nitrogen and oxygen atoms in total. The third kappa shape index (κ3) is 4.51. The summed E-state index contributed by atoms with van der Waals surface area (Å²) in [5.41, 5.74) is 5.94. The summed E-state index contributed by atoms with van der Waals surface area (Å²) in [6, 6.07) is -0.00537. The van der Waals surface area contributed by atoms with Gasteiger partial charge < -0.3 is 15.7 Å². The summed E-state index contributed by atoms with van der Waals surface area (Å²) in [6.45, 7) is 0.450. The van der Waals surface area contributed by atoms with Crippen molar-refractivity contribution in [2.45, 2.75) is 44.6 Å². The largest absolute Gasteiger partial charge is 0.465 e. The summed E-state index contributed by atoms with van der Waals surface area (Å²) in [7, 11) is 1.57. The molecule has 1 saturated carbocycles. The van der Waals surface area contributed by atoms with E-state index in [0.29, 0.717) is 6.54 Å². The molecule has 1 atom stereocenters. The molecule has 0 heterocycles. The summed E-state index contributed by atoms with van der Waals surface area (Å²) >= 11 is 0. The van der Waals surface area contributed by atoms with E-state index in [-0.39, 0.29) is 6.04 Å². The van der Waals surface area contributed by atoms with E-state index in [1.807, 2.05) is 0 Å². The van der Waals surface area contributed by atoms with E-state index in [0.717, 1.165) is 12.3 Å². The van der Waals surface area contributed by atoms with Crippen LogP contribution < -0.4 is 5.73 Å². The first kappa shape index (κ1) is 12.3. The van der Waals surface area contributed by atoms with Crippen molar-refractivity contribution in [3.63, 3.8) is 0 Å². The Morgan fingerprint density at radius 2 is 2.07 bits per heavy atom. The number of rotatable bonds is 4. The Hall–Kier alpha value is -0.770. The lowest BCUT2D eigenvalue weighted by Gasteiger charge is -2.26. The average Bonchev–Trinajstić information content (AvgIpc) is 2.18. The summed E-state index contributed by atoms with van der Waals surface area (Å²) in [6.07, 6.45) is 6.58. The number of carbonyl (C=O) groups is 1. The second kappa shape index (κ2) is 5.95. The highest BCUT2D eigenvalue weighted by Gasteiger charge is 2.18. The number of nitrogens with zero attached hydrogens (tertiary/aromatic N) is 1. The second-order valence-electron chi connectivity index (χ2n) is 4.66. The number of hydrogen-bond acceptors (Lipinski definition) is 2.